The normalized spacial score (nSPS) is 28.1. The molecule has 0 heterocycles. The van der Waals surface area contributed by atoms with Crippen molar-refractivity contribution in [3.05, 3.63) is 0 Å². The summed E-state index contributed by atoms with van der Waals surface area (Å²) in [5.74, 6) is -0.0591. The predicted molar refractivity (Wildman–Crippen MR) is 69.9 cm³/mol. The zero-order valence-corrected chi connectivity index (χ0v) is 12.0. The Morgan fingerprint density at radius 1 is 1.24 bits per heavy atom. The molecule has 0 saturated heterocycles. The van der Waals surface area contributed by atoms with Gasteiger partial charge in [-0.05, 0) is 39.3 Å². The first-order valence-electron chi connectivity index (χ1n) is 6.69. The molecular weight excluding hydrogens is 214 g/mol. The number of carbonyl (C=O) groups is 1. The first kappa shape index (κ1) is 14.5. The van der Waals surface area contributed by atoms with Crippen LogP contribution in [0.3, 0.4) is 0 Å². The van der Waals surface area contributed by atoms with Crippen LogP contribution in [-0.2, 0) is 9.53 Å². The Labute approximate surface area is 106 Å². The van der Waals surface area contributed by atoms with Gasteiger partial charge >= 0.3 is 5.97 Å². The second kappa shape index (κ2) is 5.38. The number of carbonyl (C=O) groups excluding carboxylic acids is 1. The maximum absolute atomic E-state index is 11.9. The van der Waals surface area contributed by atoms with Gasteiger partial charge in [0.15, 0.2) is 0 Å². The van der Waals surface area contributed by atoms with Gasteiger partial charge in [0.2, 0.25) is 0 Å². The van der Waals surface area contributed by atoms with Crippen molar-refractivity contribution in [3.63, 3.8) is 0 Å². The van der Waals surface area contributed by atoms with Gasteiger partial charge in [-0.15, -0.1) is 0 Å². The summed E-state index contributed by atoms with van der Waals surface area (Å²) < 4.78 is 5.15. The van der Waals surface area contributed by atoms with Gasteiger partial charge in [0.1, 0.15) is 0 Å². The van der Waals surface area contributed by atoms with E-state index in [0.717, 1.165) is 6.42 Å². The fraction of sp³-hybridized carbons (Fsp3) is 0.929. The Kier molecular flexibility index (Phi) is 4.59. The van der Waals surface area contributed by atoms with Gasteiger partial charge in [-0.25, -0.2) is 0 Å². The lowest BCUT2D eigenvalue weighted by atomic mass is 9.61. The number of ether oxygens (including phenoxy) is 1. The van der Waals surface area contributed by atoms with Gasteiger partial charge in [-0.1, -0.05) is 26.7 Å². The zero-order valence-electron chi connectivity index (χ0n) is 12.0. The second-order valence-corrected chi connectivity index (χ2v) is 6.00. The molecule has 0 aromatic rings. The van der Waals surface area contributed by atoms with Crippen molar-refractivity contribution in [1.29, 1.82) is 0 Å². The van der Waals surface area contributed by atoms with Crippen LogP contribution in [0.1, 0.15) is 52.9 Å². The molecule has 0 aromatic heterocycles. The number of rotatable bonds is 4. The highest BCUT2D eigenvalue weighted by Crippen LogP contribution is 2.48. The lowest BCUT2D eigenvalue weighted by Crippen LogP contribution is -2.58. The van der Waals surface area contributed by atoms with Crippen LogP contribution < -0.4 is 0 Å². The quantitative estimate of drug-likeness (QED) is 0.709. The van der Waals surface area contributed by atoms with Crippen molar-refractivity contribution in [2.24, 2.45) is 5.41 Å². The SMILES string of the molecule is CCOC(=O)CC1(N(C)C)CCCCC1(C)C. The van der Waals surface area contributed by atoms with Gasteiger partial charge in [0.05, 0.1) is 13.0 Å². The van der Waals surface area contributed by atoms with Crippen molar-refractivity contribution >= 4 is 5.97 Å². The Hall–Kier alpha value is -0.570. The fourth-order valence-electron chi connectivity index (χ4n) is 3.32. The van der Waals surface area contributed by atoms with E-state index in [9.17, 15) is 4.79 Å². The van der Waals surface area contributed by atoms with Gasteiger partial charge in [-0.2, -0.15) is 0 Å². The van der Waals surface area contributed by atoms with Gasteiger partial charge < -0.3 is 9.64 Å². The number of esters is 1. The summed E-state index contributed by atoms with van der Waals surface area (Å²) in [5, 5.41) is 0. The van der Waals surface area contributed by atoms with E-state index in [4.69, 9.17) is 4.74 Å². The molecule has 0 aliphatic heterocycles. The van der Waals surface area contributed by atoms with E-state index in [2.05, 4.69) is 32.8 Å². The maximum atomic E-state index is 11.9. The topological polar surface area (TPSA) is 29.5 Å². The molecule has 17 heavy (non-hydrogen) atoms. The predicted octanol–water partition coefficient (Wildman–Crippen LogP) is 2.84. The summed E-state index contributed by atoms with van der Waals surface area (Å²) in [6.45, 7) is 6.91. The van der Waals surface area contributed by atoms with Gasteiger partial charge in [0.25, 0.3) is 0 Å². The molecule has 0 amide bonds. The molecule has 0 radical (unpaired) electrons. The third-order valence-electron chi connectivity index (χ3n) is 4.50. The van der Waals surface area contributed by atoms with Crippen LogP contribution in [0.2, 0.25) is 0 Å². The molecule has 0 aromatic carbocycles. The van der Waals surface area contributed by atoms with E-state index in [1.807, 2.05) is 6.92 Å². The molecule has 1 rings (SSSR count). The Balaban J connectivity index is 2.91. The first-order valence-corrected chi connectivity index (χ1v) is 6.69. The minimum Gasteiger partial charge on any atom is -0.466 e. The van der Waals surface area contributed by atoms with E-state index >= 15 is 0 Å². The average molecular weight is 241 g/mol. The minimum absolute atomic E-state index is 0.0441. The van der Waals surface area contributed by atoms with Crippen molar-refractivity contribution in [1.82, 2.24) is 4.90 Å². The van der Waals surface area contributed by atoms with E-state index in [1.54, 1.807) is 0 Å². The second-order valence-electron chi connectivity index (χ2n) is 6.00. The average Bonchev–Trinajstić information content (AvgIpc) is 2.21. The molecule has 1 unspecified atom stereocenters. The van der Waals surface area contributed by atoms with Crippen molar-refractivity contribution in [2.45, 2.75) is 58.4 Å². The van der Waals surface area contributed by atoms with Crippen molar-refractivity contribution in [3.8, 4) is 0 Å². The van der Waals surface area contributed by atoms with Crippen LogP contribution in [0.4, 0.5) is 0 Å². The van der Waals surface area contributed by atoms with Crippen molar-refractivity contribution < 1.29 is 9.53 Å². The standard InChI is InChI=1S/C14H27NO2/c1-6-17-12(16)11-14(15(4)5)10-8-7-9-13(14,2)3/h6-11H2,1-5H3. The number of hydrogen-bond acceptors (Lipinski definition) is 3. The van der Waals surface area contributed by atoms with Crippen LogP contribution in [0.25, 0.3) is 0 Å². The molecule has 1 atom stereocenters. The van der Waals surface area contributed by atoms with E-state index in [0.29, 0.717) is 13.0 Å². The summed E-state index contributed by atoms with van der Waals surface area (Å²) in [7, 11) is 4.18. The highest BCUT2D eigenvalue weighted by Gasteiger charge is 2.49. The van der Waals surface area contributed by atoms with Crippen LogP contribution >= 0.6 is 0 Å². The summed E-state index contributed by atoms with van der Waals surface area (Å²) in [6, 6.07) is 0. The molecule has 3 nitrogen and oxygen atoms in total. The van der Waals surface area contributed by atoms with Crippen LogP contribution in [0, 0.1) is 5.41 Å². The third kappa shape index (κ3) is 2.82. The zero-order chi connectivity index (χ0) is 13.1. The molecule has 1 aliphatic rings. The first-order chi connectivity index (χ1) is 7.85. The molecule has 1 saturated carbocycles. The smallest absolute Gasteiger partial charge is 0.307 e. The highest BCUT2D eigenvalue weighted by atomic mass is 16.5. The molecule has 1 aliphatic carbocycles. The summed E-state index contributed by atoms with van der Waals surface area (Å²) in [5.41, 5.74) is 0.124. The van der Waals surface area contributed by atoms with E-state index < -0.39 is 0 Å². The fourth-order valence-corrected chi connectivity index (χ4v) is 3.32. The third-order valence-corrected chi connectivity index (χ3v) is 4.50. The number of nitrogens with zero attached hydrogens (tertiary/aromatic N) is 1. The van der Waals surface area contributed by atoms with Crippen LogP contribution in [-0.4, -0.2) is 37.1 Å². The largest absolute Gasteiger partial charge is 0.466 e. The van der Waals surface area contributed by atoms with Crippen LogP contribution in [0.15, 0.2) is 0 Å². The summed E-state index contributed by atoms with van der Waals surface area (Å²) in [4.78, 5) is 14.1. The lowest BCUT2D eigenvalue weighted by Gasteiger charge is -2.54. The Bertz CT molecular complexity index is 273. The van der Waals surface area contributed by atoms with E-state index in [1.165, 1.54) is 19.3 Å². The number of hydrogen-bond donors (Lipinski definition) is 0. The lowest BCUT2D eigenvalue weighted by molar-refractivity contribution is -0.150. The summed E-state index contributed by atoms with van der Waals surface area (Å²) in [6.07, 6.45) is 5.27. The van der Waals surface area contributed by atoms with Crippen LogP contribution in [0.5, 0.6) is 0 Å². The molecule has 0 N–H and O–H groups in total. The summed E-state index contributed by atoms with van der Waals surface area (Å²) >= 11 is 0. The molecular formula is C14H27NO2. The molecule has 0 bridgehead atoms. The van der Waals surface area contributed by atoms with Crippen molar-refractivity contribution in [2.75, 3.05) is 20.7 Å². The molecule has 3 heteroatoms. The van der Waals surface area contributed by atoms with Gasteiger partial charge in [0, 0.05) is 5.54 Å². The monoisotopic (exact) mass is 241 g/mol. The molecule has 0 spiro atoms. The Morgan fingerprint density at radius 3 is 2.29 bits per heavy atom. The van der Waals surface area contributed by atoms with E-state index in [-0.39, 0.29) is 16.9 Å². The molecule has 100 valence electrons. The molecule has 1 fully saturated rings. The minimum atomic E-state index is -0.0591. The highest BCUT2D eigenvalue weighted by molar-refractivity contribution is 5.71. The van der Waals surface area contributed by atoms with Gasteiger partial charge in [-0.3, -0.25) is 4.79 Å². The maximum Gasteiger partial charge on any atom is 0.307 e. The Morgan fingerprint density at radius 2 is 1.82 bits per heavy atom.